The number of anilines is 1. The Labute approximate surface area is 170 Å². The molecule has 1 aliphatic rings. The molecule has 29 heavy (non-hydrogen) atoms. The van der Waals surface area contributed by atoms with Gasteiger partial charge in [0.25, 0.3) is 5.78 Å². The molecular weight excluding hydrogens is 392 g/mol. The standard InChI is InChI=1S/C21H18N2O5S/c1-11-12(2)29-21(22-11)23-17(15-5-4-10-28-15)16(19(25)20(23)26)18(24)13-6-8-14(27-3)9-7-13/h4-10,17,24H,1-3H3/t17-/m1/s1. The van der Waals surface area contributed by atoms with Gasteiger partial charge in [-0.05, 0) is 50.2 Å². The zero-order valence-electron chi connectivity index (χ0n) is 16.0. The van der Waals surface area contributed by atoms with Crippen LogP contribution < -0.4 is 9.64 Å². The number of Topliss-reactive ketones (excluding diaryl/α,β-unsaturated/α-hetero) is 1. The van der Waals surface area contributed by atoms with E-state index < -0.39 is 17.7 Å². The van der Waals surface area contributed by atoms with Crippen molar-refractivity contribution in [1.82, 2.24) is 4.98 Å². The summed E-state index contributed by atoms with van der Waals surface area (Å²) in [6.07, 6.45) is 1.46. The predicted molar refractivity (Wildman–Crippen MR) is 108 cm³/mol. The van der Waals surface area contributed by atoms with E-state index in [0.717, 1.165) is 10.6 Å². The minimum absolute atomic E-state index is 0.0411. The number of benzene rings is 1. The number of methoxy groups -OCH3 is 1. The van der Waals surface area contributed by atoms with Crippen LogP contribution in [0.5, 0.6) is 5.75 Å². The third kappa shape index (κ3) is 3.11. The number of nitrogens with zero attached hydrogens (tertiary/aromatic N) is 2. The third-order valence-corrected chi connectivity index (χ3v) is 5.92. The number of aryl methyl sites for hydroxylation is 2. The van der Waals surface area contributed by atoms with Crippen LogP contribution in [0.3, 0.4) is 0 Å². The van der Waals surface area contributed by atoms with Crippen LogP contribution in [0.15, 0.2) is 52.7 Å². The molecule has 3 heterocycles. The molecular formula is C21H18N2O5S. The van der Waals surface area contributed by atoms with Crippen molar-refractivity contribution in [2.45, 2.75) is 19.9 Å². The maximum absolute atomic E-state index is 12.9. The summed E-state index contributed by atoms with van der Waals surface area (Å²) >= 11 is 1.31. The molecule has 1 aliphatic heterocycles. The molecule has 1 fully saturated rings. The van der Waals surface area contributed by atoms with Crippen molar-refractivity contribution in [3.8, 4) is 5.75 Å². The molecule has 0 aliphatic carbocycles. The van der Waals surface area contributed by atoms with Crippen LogP contribution in [0.25, 0.3) is 5.76 Å². The van der Waals surface area contributed by atoms with Gasteiger partial charge in [-0.25, -0.2) is 4.98 Å². The summed E-state index contributed by atoms with van der Waals surface area (Å²) in [4.78, 5) is 32.5. The lowest BCUT2D eigenvalue weighted by Crippen LogP contribution is -2.29. The molecule has 0 radical (unpaired) electrons. The van der Waals surface area contributed by atoms with Gasteiger partial charge >= 0.3 is 5.91 Å². The molecule has 148 valence electrons. The molecule has 1 saturated heterocycles. The highest BCUT2D eigenvalue weighted by atomic mass is 32.1. The fourth-order valence-electron chi connectivity index (χ4n) is 3.21. The van der Waals surface area contributed by atoms with Crippen LogP contribution in [0.1, 0.15) is 27.9 Å². The highest BCUT2D eigenvalue weighted by Crippen LogP contribution is 2.43. The lowest BCUT2D eigenvalue weighted by molar-refractivity contribution is -0.132. The van der Waals surface area contributed by atoms with Crippen molar-refractivity contribution in [2.75, 3.05) is 12.0 Å². The number of ether oxygens (including phenoxy) is 1. The molecule has 0 bridgehead atoms. The highest BCUT2D eigenvalue weighted by molar-refractivity contribution is 7.16. The molecule has 0 saturated carbocycles. The number of carbonyl (C=O) groups excluding carboxylic acids is 2. The highest BCUT2D eigenvalue weighted by Gasteiger charge is 2.49. The van der Waals surface area contributed by atoms with Crippen LogP contribution >= 0.6 is 11.3 Å². The number of furan rings is 1. The number of thiazole rings is 1. The van der Waals surface area contributed by atoms with Crippen molar-refractivity contribution in [3.05, 3.63) is 70.1 Å². The molecule has 1 N–H and O–H groups in total. The normalized spacial score (nSPS) is 18.4. The summed E-state index contributed by atoms with van der Waals surface area (Å²) in [5, 5.41) is 11.3. The zero-order chi connectivity index (χ0) is 20.7. The first-order chi connectivity index (χ1) is 13.9. The number of aromatic nitrogens is 1. The number of aliphatic hydroxyl groups is 1. The lowest BCUT2D eigenvalue weighted by atomic mass is 9.99. The van der Waals surface area contributed by atoms with E-state index in [1.165, 1.54) is 29.6 Å². The summed E-state index contributed by atoms with van der Waals surface area (Å²) in [6.45, 7) is 3.73. The first-order valence-electron chi connectivity index (χ1n) is 8.85. The van der Waals surface area contributed by atoms with Gasteiger partial charge in [0.2, 0.25) is 0 Å². The second-order valence-electron chi connectivity index (χ2n) is 6.55. The number of amides is 1. The Kier molecular flexibility index (Phi) is 4.71. The summed E-state index contributed by atoms with van der Waals surface area (Å²) in [5.41, 5.74) is 1.13. The minimum Gasteiger partial charge on any atom is -0.507 e. The molecule has 3 aromatic rings. The van der Waals surface area contributed by atoms with Gasteiger partial charge in [0.15, 0.2) is 5.13 Å². The number of rotatable bonds is 4. The van der Waals surface area contributed by atoms with Gasteiger partial charge in [-0.1, -0.05) is 0 Å². The van der Waals surface area contributed by atoms with E-state index in [-0.39, 0.29) is 11.3 Å². The quantitative estimate of drug-likeness (QED) is 0.397. The van der Waals surface area contributed by atoms with Gasteiger partial charge in [0, 0.05) is 10.4 Å². The molecule has 7 nitrogen and oxygen atoms in total. The number of hydrogen-bond donors (Lipinski definition) is 1. The molecule has 4 rings (SSSR count). The van der Waals surface area contributed by atoms with Gasteiger partial charge in [-0.2, -0.15) is 0 Å². The maximum atomic E-state index is 12.9. The Morgan fingerprint density at radius 3 is 2.48 bits per heavy atom. The van der Waals surface area contributed by atoms with Crippen LogP contribution in [0.4, 0.5) is 5.13 Å². The van der Waals surface area contributed by atoms with Crippen molar-refractivity contribution < 1.29 is 23.8 Å². The Bertz CT molecular complexity index is 1090. The predicted octanol–water partition coefficient (Wildman–Crippen LogP) is 3.99. The fourth-order valence-corrected chi connectivity index (χ4v) is 4.15. The molecule has 1 amide bonds. The SMILES string of the molecule is COc1ccc(C(O)=C2C(=O)C(=O)N(c3nc(C)c(C)s3)[C@@H]2c2ccco2)cc1. The molecule has 2 aromatic heterocycles. The Balaban J connectivity index is 1.89. The van der Waals surface area contributed by atoms with Gasteiger partial charge in [-0.3, -0.25) is 14.5 Å². The van der Waals surface area contributed by atoms with Gasteiger partial charge in [0.05, 0.1) is 24.6 Å². The Morgan fingerprint density at radius 2 is 1.93 bits per heavy atom. The second kappa shape index (κ2) is 7.21. The van der Waals surface area contributed by atoms with Gasteiger partial charge in [-0.15, -0.1) is 11.3 Å². The molecule has 0 spiro atoms. The monoisotopic (exact) mass is 410 g/mol. The van der Waals surface area contributed by atoms with Crippen LogP contribution in [-0.4, -0.2) is 28.9 Å². The number of hydrogen-bond acceptors (Lipinski definition) is 7. The topological polar surface area (TPSA) is 92.9 Å². The molecule has 8 heteroatoms. The lowest BCUT2D eigenvalue weighted by Gasteiger charge is -2.20. The molecule has 1 atom stereocenters. The first kappa shape index (κ1) is 18.9. The summed E-state index contributed by atoms with van der Waals surface area (Å²) < 4.78 is 10.7. The van der Waals surface area contributed by atoms with E-state index in [9.17, 15) is 14.7 Å². The van der Waals surface area contributed by atoms with Crippen molar-refractivity contribution in [1.29, 1.82) is 0 Å². The average Bonchev–Trinajstić information content (AvgIpc) is 3.42. The molecule has 0 unspecified atom stereocenters. The number of carbonyl (C=O) groups is 2. The van der Waals surface area contributed by atoms with Crippen molar-refractivity contribution in [3.63, 3.8) is 0 Å². The van der Waals surface area contributed by atoms with Crippen LogP contribution in [-0.2, 0) is 9.59 Å². The van der Waals surface area contributed by atoms with Gasteiger partial charge < -0.3 is 14.3 Å². The summed E-state index contributed by atoms with van der Waals surface area (Å²) in [7, 11) is 1.54. The first-order valence-corrected chi connectivity index (χ1v) is 9.67. The van der Waals surface area contributed by atoms with Crippen LogP contribution in [0, 0.1) is 13.8 Å². The Morgan fingerprint density at radius 1 is 1.21 bits per heavy atom. The fraction of sp³-hybridized carbons (Fsp3) is 0.190. The smallest absolute Gasteiger partial charge is 0.302 e. The maximum Gasteiger partial charge on any atom is 0.302 e. The average molecular weight is 410 g/mol. The number of aliphatic hydroxyl groups excluding tert-OH is 1. The minimum atomic E-state index is -0.906. The second-order valence-corrected chi connectivity index (χ2v) is 7.73. The summed E-state index contributed by atoms with van der Waals surface area (Å²) in [6, 6.07) is 9.01. The van der Waals surface area contributed by atoms with E-state index in [2.05, 4.69) is 4.98 Å². The van der Waals surface area contributed by atoms with Crippen molar-refractivity contribution in [2.24, 2.45) is 0 Å². The molecule has 1 aromatic carbocycles. The third-order valence-electron chi connectivity index (χ3n) is 4.84. The Hall–Kier alpha value is -3.39. The van der Waals surface area contributed by atoms with Gasteiger partial charge in [0.1, 0.15) is 23.3 Å². The van der Waals surface area contributed by atoms with E-state index in [1.807, 2.05) is 13.8 Å². The zero-order valence-corrected chi connectivity index (χ0v) is 16.8. The van der Waals surface area contributed by atoms with Crippen LogP contribution in [0.2, 0.25) is 0 Å². The largest absolute Gasteiger partial charge is 0.507 e. The van der Waals surface area contributed by atoms with E-state index in [1.54, 1.807) is 36.4 Å². The van der Waals surface area contributed by atoms with E-state index in [4.69, 9.17) is 9.15 Å². The van der Waals surface area contributed by atoms with E-state index >= 15 is 0 Å². The van der Waals surface area contributed by atoms with Crippen molar-refractivity contribution >= 4 is 33.9 Å². The van der Waals surface area contributed by atoms with E-state index in [0.29, 0.717) is 22.2 Å². The number of ketones is 1. The summed E-state index contributed by atoms with van der Waals surface area (Å²) in [5.74, 6) is -0.844.